The largest absolute Gasteiger partial charge is 0.326 e. The maximum absolute atomic E-state index is 12.1. The third kappa shape index (κ3) is 3.97. The standard InChI is InChI=1S/C11H13N5O3S2/c1-7(17)13-10-14-15-11(20-10)21(18,19)16-9-4-2-8(6-12)3-5-9/h2-5,16H,6,12H2,1H3,(H,13,14,17). The first-order valence-electron chi connectivity index (χ1n) is 5.83. The van der Waals surface area contributed by atoms with Gasteiger partial charge in [-0.15, -0.1) is 10.2 Å². The summed E-state index contributed by atoms with van der Waals surface area (Å²) in [6.45, 7) is 1.68. The van der Waals surface area contributed by atoms with Crippen LogP contribution in [0.3, 0.4) is 0 Å². The second-order valence-electron chi connectivity index (χ2n) is 4.06. The van der Waals surface area contributed by atoms with Crippen LogP contribution >= 0.6 is 11.3 Å². The van der Waals surface area contributed by atoms with E-state index in [2.05, 4.69) is 20.2 Å². The molecule has 0 aliphatic carbocycles. The Labute approximate surface area is 125 Å². The van der Waals surface area contributed by atoms with Crippen molar-refractivity contribution in [3.8, 4) is 0 Å². The van der Waals surface area contributed by atoms with Gasteiger partial charge in [0.15, 0.2) is 0 Å². The van der Waals surface area contributed by atoms with E-state index >= 15 is 0 Å². The van der Waals surface area contributed by atoms with Crippen molar-refractivity contribution >= 4 is 38.1 Å². The number of hydrogen-bond acceptors (Lipinski definition) is 7. The van der Waals surface area contributed by atoms with Crippen LogP contribution < -0.4 is 15.8 Å². The number of nitrogens with two attached hydrogens (primary N) is 1. The van der Waals surface area contributed by atoms with Gasteiger partial charge in [0.2, 0.25) is 11.0 Å². The topological polar surface area (TPSA) is 127 Å². The van der Waals surface area contributed by atoms with Gasteiger partial charge in [-0.05, 0) is 17.7 Å². The molecule has 0 saturated carbocycles. The van der Waals surface area contributed by atoms with E-state index in [1.807, 2.05) is 0 Å². The van der Waals surface area contributed by atoms with Crippen LogP contribution in [0.15, 0.2) is 28.6 Å². The molecule has 1 amide bonds. The summed E-state index contributed by atoms with van der Waals surface area (Å²) in [7, 11) is -3.84. The van der Waals surface area contributed by atoms with E-state index in [-0.39, 0.29) is 15.4 Å². The first kappa shape index (κ1) is 15.4. The molecule has 0 spiro atoms. The minimum absolute atomic E-state index is 0.126. The summed E-state index contributed by atoms with van der Waals surface area (Å²) in [6, 6.07) is 6.66. The molecule has 2 aromatic rings. The number of nitrogens with zero attached hydrogens (tertiary/aromatic N) is 2. The van der Waals surface area contributed by atoms with Crippen molar-refractivity contribution in [3.05, 3.63) is 29.8 Å². The van der Waals surface area contributed by atoms with Crippen molar-refractivity contribution in [1.82, 2.24) is 10.2 Å². The van der Waals surface area contributed by atoms with E-state index < -0.39 is 10.0 Å². The van der Waals surface area contributed by atoms with Crippen LogP contribution in [0.25, 0.3) is 0 Å². The van der Waals surface area contributed by atoms with Crippen LogP contribution in [-0.2, 0) is 21.4 Å². The fourth-order valence-electron chi connectivity index (χ4n) is 1.43. The highest BCUT2D eigenvalue weighted by molar-refractivity contribution is 7.94. The van der Waals surface area contributed by atoms with Gasteiger partial charge in [-0.25, -0.2) is 0 Å². The molecule has 0 saturated heterocycles. The molecule has 21 heavy (non-hydrogen) atoms. The lowest BCUT2D eigenvalue weighted by Gasteiger charge is -2.05. The highest BCUT2D eigenvalue weighted by atomic mass is 32.2. The molecule has 2 rings (SSSR count). The molecule has 1 heterocycles. The van der Waals surface area contributed by atoms with Gasteiger partial charge in [-0.1, -0.05) is 23.5 Å². The summed E-state index contributed by atoms with van der Waals surface area (Å²) in [4.78, 5) is 10.9. The minimum Gasteiger partial charge on any atom is -0.326 e. The predicted octanol–water partition coefficient (Wildman–Crippen LogP) is 0.756. The minimum atomic E-state index is -3.84. The van der Waals surface area contributed by atoms with Gasteiger partial charge >= 0.3 is 0 Å². The monoisotopic (exact) mass is 327 g/mol. The molecule has 0 fully saturated rings. The van der Waals surface area contributed by atoms with Crippen LogP contribution in [0.5, 0.6) is 0 Å². The molecule has 0 unspecified atom stereocenters. The smallest absolute Gasteiger partial charge is 0.291 e. The van der Waals surface area contributed by atoms with E-state index in [0.717, 1.165) is 16.9 Å². The van der Waals surface area contributed by atoms with E-state index in [1.54, 1.807) is 24.3 Å². The van der Waals surface area contributed by atoms with Gasteiger partial charge in [-0.3, -0.25) is 9.52 Å². The zero-order valence-corrected chi connectivity index (χ0v) is 12.7. The van der Waals surface area contributed by atoms with Crippen LogP contribution in [0, 0.1) is 0 Å². The van der Waals surface area contributed by atoms with E-state index in [9.17, 15) is 13.2 Å². The van der Waals surface area contributed by atoms with E-state index in [4.69, 9.17) is 5.73 Å². The molecular formula is C11H13N5O3S2. The SMILES string of the molecule is CC(=O)Nc1nnc(S(=O)(=O)Nc2ccc(CN)cc2)s1. The lowest BCUT2D eigenvalue weighted by atomic mass is 10.2. The fraction of sp³-hybridized carbons (Fsp3) is 0.182. The Morgan fingerprint density at radius 3 is 2.52 bits per heavy atom. The Bertz CT molecular complexity index is 739. The van der Waals surface area contributed by atoms with Crippen molar-refractivity contribution in [3.63, 3.8) is 0 Å². The van der Waals surface area contributed by atoms with Gasteiger partial charge < -0.3 is 11.1 Å². The summed E-state index contributed by atoms with van der Waals surface area (Å²) in [5, 5.41) is 9.65. The van der Waals surface area contributed by atoms with E-state index in [0.29, 0.717) is 12.2 Å². The number of nitrogens with one attached hydrogen (secondary N) is 2. The number of hydrogen-bond donors (Lipinski definition) is 3. The van der Waals surface area contributed by atoms with Crippen molar-refractivity contribution in [2.75, 3.05) is 10.0 Å². The number of amides is 1. The molecule has 112 valence electrons. The summed E-state index contributed by atoms with van der Waals surface area (Å²) < 4.78 is 26.4. The van der Waals surface area contributed by atoms with Crippen molar-refractivity contribution in [2.45, 2.75) is 17.8 Å². The molecule has 1 aromatic heterocycles. The molecular weight excluding hydrogens is 314 g/mol. The van der Waals surface area contributed by atoms with Crippen LogP contribution in [0.4, 0.5) is 10.8 Å². The maximum atomic E-state index is 12.1. The molecule has 0 aliphatic heterocycles. The quantitative estimate of drug-likeness (QED) is 0.696. The molecule has 4 N–H and O–H groups in total. The summed E-state index contributed by atoms with van der Waals surface area (Å²) in [5.74, 6) is -0.347. The Hall–Kier alpha value is -2.04. The number of aromatic nitrogens is 2. The first-order valence-corrected chi connectivity index (χ1v) is 8.13. The number of carbonyl (C=O) groups is 1. The molecule has 0 radical (unpaired) electrons. The van der Waals surface area contributed by atoms with Crippen LogP contribution in [0.2, 0.25) is 0 Å². The molecule has 1 aromatic carbocycles. The predicted molar refractivity (Wildman–Crippen MR) is 79.4 cm³/mol. The molecule has 10 heteroatoms. The molecule has 0 aliphatic rings. The second kappa shape index (κ2) is 6.16. The number of benzene rings is 1. The third-order valence-electron chi connectivity index (χ3n) is 2.36. The third-order valence-corrected chi connectivity index (χ3v) is 4.95. The average Bonchev–Trinajstić information content (AvgIpc) is 2.88. The maximum Gasteiger partial charge on any atom is 0.291 e. The summed E-state index contributed by atoms with van der Waals surface area (Å²) in [5.41, 5.74) is 6.75. The van der Waals surface area contributed by atoms with Gasteiger partial charge in [0, 0.05) is 19.2 Å². The summed E-state index contributed by atoms with van der Waals surface area (Å²) >= 11 is 0.770. The number of rotatable bonds is 5. The van der Waals surface area contributed by atoms with Gasteiger partial charge in [0.1, 0.15) is 0 Å². The number of anilines is 2. The highest BCUT2D eigenvalue weighted by Gasteiger charge is 2.20. The lowest BCUT2D eigenvalue weighted by molar-refractivity contribution is -0.114. The van der Waals surface area contributed by atoms with Gasteiger partial charge in [0.25, 0.3) is 14.4 Å². The van der Waals surface area contributed by atoms with E-state index in [1.165, 1.54) is 6.92 Å². The second-order valence-corrected chi connectivity index (χ2v) is 6.89. The van der Waals surface area contributed by atoms with Crippen molar-refractivity contribution in [1.29, 1.82) is 0 Å². The van der Waals surface area contributed by atoms with Gasteiger partial charge in [-0.2, -0.15) is 8.42 Å². The number of sulfonamides is 1. The van der Waals surface area contributed by atoms with Crippen molar-refractivity contribution in [2.24, 2.45) is 5.73 Å². The molecule has 0 bridgehead atoms. The first-order chi connectivity index (χ1) is 9.90. The average molecular weight is 327 g/mol. The van der Waals surface area contributed by atoms with Gasteiger partial charge in [0.05, 0.1) is 0 Å². The number of carbonyl (C=O) groups excluding carboxylic acids is 1. The zero-order valence-electron chi connectivity index (χ0n) is 11.0. The molecule has 8 nitrogen and oxygen atoms in total. The molecule has 0 atom stereocenters. The van der Waals surface area contributed by atoms with Crippen molar-refractivity contribution < 1.29 is 13.2 Å². The van der Waals surface area contributed by atoms with Crippen LogP contribution in [0.1, 0.15) is 12.5 Å². The Morgan fingerprint density at radius 2 is 1.95 bits per heavy atom. The Kier molecular flexibility index (Phi) is 4.50. The Balaban J connectivity index is 2.17. The van der Waals surface area contributed by atoms with Crippen LogP contribution in [-0.4, -0.2) is 24.5 Å². The summed E-state index contributed by atoms with van der Waals surface area (Å²) in [6.07, 6.45) is 0. The normalized spacial score (nSPS) is 11.1. The Morgan fingerprint density at radius 1 is 1.29 bits per heavy atom. The zero-order chi connectivity index (χ0) is 15.5. The highest BCUT2D eigenvalue weighted by Crippen LogP contribution is 2.22. The fourth-order valence-corrected chi connectivity index (χ4v) is 3.43. The lowest BCUT2D eigenvalue weighted by Crippen LogP contribution is -2.12.